The molecule has 0 unspecified atom stereocenters. The molecule has 3 aromatic rings. The quantitative estimate of drug-likeness (QED) is 0.611. The molecule has 1 heterocycles. The molecule has 25 heavy (non-hydrogen) atoms. The van der Waals surface area contributed by atoms with Crippen LogP contribution in [0.3, 0.4) is 0 Å². The predicted molar refractivity (Wildman–Crippen MR) is 99.5 cm³/mol. The van der Waals surface area contributed by atoms with Crippen LogP contribution in [0.2, 0.25) is 0 Å². The number of nitrogens with zero attached hydrogens (tertiary/aromatic N) is 2. The third-order valence-electron chi connectivity index (χ3n) is 4.10. The summed E-state index contributed by atoms with van der Waals surface area (Å²) in [5.41, 5.74) is 3.05. The van der Waals surface area contributed by atoms with Crippen LogP contribution in [0.25, 0.3) is 0 Å². The molecule has 1 aromatic heterocycles. The summed E-state index contributed by atoms with van der Waals surface area (Å²) in [4.78, 5) is 32.0. The smallest absolute Gasteiger partial charge is 0.213 e. The van der Waals surface area contributed by atoms with Crippen LogP contribution >= 0.6 is 11.3 Å². The lowest BCUT2D eigenvalue weighted by Crippen LogP contribution is -2.19. The van der Waals surface area contributed by atoms with E-state index in [2.05, 4.69) is 10.3 Å². The van der Waals surface area contributed by atoms with Gasteiger partial charge in [-0.15, -0.1) is 0 Å². The van der Waals surface area contributed by atoms with Gasteiger partial charge >= 0.3 is 0 Å². The molecule has 4 rings (SSSR count). The average molecular weight is 349 g/mol. The number of nitrogens with one attached hydrogen (secondary N) is 1. The second-order valence-electron chi connectivity index (χ2n) is 5.97. The van der Waals surface area contributed by atoms with E-state index < -0.39 is 0 Å². The van der Waals surface area contributed by atoms with Crippen LogP contribution in [-0.2, 0) is 0 Å². The number of carbonyl (C=O) groups excluding carboxylic acids is 2. The maximum atomic E-state index is 12.6. The fraction of sp³-hybridized carbons (Fsp3) is 0.105. The van der Waals surface area contributed by atoms with Gasteiger partial charge in [-0.05, 0) is 24.3 Å². The van der Waals surface area contributed by atoms with Gasteiger partial charge in [-0.2, -0.15) is 0 Å². The van der Waals surface area contributed by atoms with Gasteiger partial charge in [0.2, 0.25) is 11.6 Å². The van der Waals surface area contributed by atoms with E-state index in [1.165, 1.54) is 11.3 Å². The van der Waals surface area contributed by atoms with E-state index in [1.807, 2.05) is 43.3 Å². The van der Waals surface area contributed by atoms with Crippen LogP contribution in [0.4, 0.5) is 16.5 Å². The Bertz CT molecular complexity index is 938. The Morgan fingerprint density at radius 2 is 1.56 bits per heavy atom. The number of anilines is 3. The minimum atomic E-state index is -0.197. The minimum absolute atomic E-state index is 0.140. The van der Waals surface area contributed by atoms with Crippen molar-refractivity contribution < 1.29 is 9.59 Å². The Kier molecular flexibility index (Phi) is 3.62. The zero-order valence-electron chi connectivity index (χ0n) is 13.7. The van der Waals surface area contributed by atoms with Crippen LogP contribution in [0, 0.1) is 0 Å². The number of ketones is 2. The van der Waals surface area contributed by atoms with Gasteiger partial charge in [0.15, 0.2) is 5.13 Å². The molecule has 0 fully saturated rings. The van der Waals surface area contributed by atoms with E-state index in [-0.39, 0.29) is 17.3 Å². The Balaban J connectivity index is 1.66. The third kappa shape index (κ3) is 2.60. The van der Waals surface area contributed by atoms with Gasteiger partial charge in [-0.3, -0.25) is 9.59 Å². The summed E-state index contributed by atoms with van der Waals surface area (Å²) in [6.45, 7) is 0. The molecule has 124 valence electrons. The highest BCUT2D eigenvalue weighted by molar-refractivity contribution is 7.18. The summed E-state index contributed by atoms with van der Waals surface area (Å²) in [7, 11) is 3.96. The lowest BCUT2D eigenvalue weighted by Gasteiger charge is -2.12. The van der Waals surface area contributed by atoms with Crippen LogP contribution in [0.5, 0.6) is 0 Å². The van der Waals surface area contributed by atoms with Gasteiger partial charge in [0, 0.05) is 36.6 Å². The van der Waals surface area contributed by atoms with Crippen molar-refractivity contribution in [1.82, 2.24) is 4.98 Å². The fourth-order valence-corrected chi connectivity index (χ4v) is 3.71. The molecule has 1 aliphatic rings. The van der Waals surface area contributed by atoms with Crippen molar-refractivity contribution in [1.29, 1.82) is 0 Å². The van der Waals surface area contributed by atoms with Crippen LogP contribution in [0.1, 0.15) is 31.3 Å². The number of aromatic nitrogens is 1. The topological polar surface area (TPSA) is 62.3 Å². The highest BCUT2D eigenvalue weighted by atomic mass is 32.1. The molecule has 0 aliphatic heterocycles. The summed E-state index contributed by atoms with van der Waals surface area (Å²) in [5, 5.41) is 3.72. The maximum absolute atomic E-state index is 12.6. The molecule has 6 heteroatoms. The molecule has 0 bridgehead atoms. The molecule has 0 amide bonds. The van der Waals surface area contributed by atoms with Crippen molar-refractivity contribution in [2.24, 2.45) is 0 Å². The molecule has 1 aliphatic carbocycles. The normalized spacial score (nSPS) is 12.6. The Hall–Kier alpha value is -2.99. The Morgan fingerprint density at radius 1 is 0.920 bits per heavy atom. The second kappa shape index (κ2) is 5.82. The molecule has 0 spiro atoms. The summed E-state index contributed by atoms with van der Waals surface area (Å²) in [5.74, 6) is -0.337. The minimum Gasteiger partial charge on any atom is -0.378 e. The first-order chi connectivity index (χ1) is 12.0. The van der Waals surface area contributed by atoms with Gasteiger partial charge in [-0.1, -0.05) is 35.6 Å². The zero-order chi connectivity index (χ0) is 17.6. The molecule has 2 aromatic carbocycles. The van der Waals surface area contributed by atoms with E-state index >= 15 is 0 Å². The van der Waals surface area contributed by atoms with Crippen molar-refractivity contribution in [2.45, 2.75) is 0 Å². The first-order valence-corrected chi connectivity index (χ1v) is 8.60. The zero-order valence-corrected chi connectivity index (χ0v) is 14.6. The lowest BCUT2D eigenvalue weighted by molar-refractivity contribution is 0.0979. The number of hydrogen-bond donors (Lipinski definition) is 1. The number of hydrogen-bond acceptors (Lipinski definition) is 6. The van der Waals surface area contributed by atoms with Crippen molar-refractivity contribution in [3.8, 4) is 0 Å². The molecular weight excluding hydrogens is 334 g/mol. The Morgan fingerprint density at radius 3 is 2.20 bits per heavy atom. The molecule has 1 N–H and O–H groups in total. The summed E-state index contributed by atoms with van der Waals surface area (Å²) < 4.78 is 0. The van der Waals surface area contributed by atoms with Gasteiger partial charge < -0.3 is 10.2 Å². The lowest BCUT2D eigenvalue weighted by atomic mass is 9.91. The number of thiazole rings is 1. The maximum Gasteiger partial charge on any atom is 0.213 e. The standard InChI is InChI=1S/C19H15N3O2S/c1-22(2)12-9-7-11(8-10-12)20-19-21-15-16(23)13-5-3-4-6-14(13)17(24)18(15)25-19/h3-10H,1-2H3,(H,20,21). The van der Waals surface area contributed by atoms with E-state index in [0.717, 1.165) is 11.4 Å². The number of fused-ring (bicyclic) bond motifs is 2. The van der Waals surface area contributed by atoms with Crippen molar-refractivity contribution in [2.75, 3.05) is 24.3 Å². The van der Waals surface area contributed by atoms with Gasteiger partial charge in [0.25, 0.3) is 0 Å². The molecular formula is C19H15N3O2S. The van der Waals surface area contributed by atoms with E-state index in [4.69, 9.17) is 0 Å². The van der Waals surface area contributed by atoms with Gasteiger partial charge in [0.05, 0.1) is 0 Å². The molecule has 0 atom stereocenters. The third-order valence-corrected chi connectivity index (χ3v) is 5.07. The number of benzene rings is 2. The highest BCUT2D eigenvalue weighted by Gasteiger charge is 2.33. The van der Waals surface area contributed by atoms with Crippen molar-refractivity contribution in [3.05, 3.63) is 70.2 Å². The van der Waals surface area contributed by atoms with Crippen LogP contribution < -0.4 is 10.2 Å². The molecule has 5 nitrogen and oxygen atoms in total. The number of rotatable bonds is 3. The SMILES string of the molecule is CN(C)c1ccc(Nc2nc3c(s2)C(=O)c2ccccc2C3=O)cc1. The molecule has 0 radical (unpaired) electrons. The number of carbonyl (C=O) groups is 2. The predicted octanol–water partition coefficient (Wildman–Crippen LogP) is 3.73. The van der Waals surface area contributed by atoms with Crippen molar-refractivity contribution in [3.63, 3.8) is 0 Å². The van der Waals surface area contributed by atoms with E-state index in [1.54, 1.807) is 24.3 Å². The largest absolute Gasteiger partial charge is 0.378 e. The highest BCUT2D eigenvalue weighted by Crippen LogP contribution is 2.34. The fourth-order valence-electron chi connectivity index (χ4n) is 2.78. The van der Waals surface area contributed by atoms with Crippen LogP contribution in [0.15, 0.2) is 48.5 Å². The first kappa shape index (κ1) is 15.5. The van der Waals surface area contributed by atoms with Gasteiger partial charge in [-0.25, -0.2) is 4.98 Å². The van der Waals surface area contributed by atoms with E-state index in [9.17, 15) is 9.59 Å². The summed E-state index contributed by atoms with van der Waals surface area (Å²) in [6.07, 6.45) is 0. The molecule has 0 saturated heterocycles. The summed E-state index contributed by atoms with van der Waals surface area (Å²) >= 11 is 1.21. The van der Waals surface area contributed by atoms with E-state index in [0.29, 0.717) is 21.1 Å². The monoisotopic (exact) mass is 349 g/mol. The Labute approximate surface area is 148 Å². The first-order valence-electron chi connectivity index (χ1n) is 7.78. The van der Waals surface area contributed by atoms with Crippen LogP contribution in [-0.4, -0.2) is 30.6 Å². The van der Waals surface area contributed by atoms with Crippen molar-refractivity contribution >= 4 is 39.4 Å². The second-order valence-corrected chi connectivity index (χ2v) is 6.97. The average Bonchev–Trinajstić information content (AvgIpc) is 3.04. The van der Waals surface area contributed by atoms with Gasteiger partial charge in [0.1, 0.15) is 10.6 Å². The molecule has 0 saturated carbocycles. The summed E-state index contributed by atoms with van der Waals surface area (Å²) in [6, 6.07) is 14.7.